The SMILES string of the molecule is CCCOc1ccc(C(=O)N2CCN(S(=O)(=O)c3ccc(F)cc3F)CC2)cc1OCC. The van der Waals surface area contributed by atoms with Crippen LogP contribution >= 0.6 is 0 Å². The molecule has 1 aliphatic rings. The summed E-state index contributed by atoms with van der Waals surface area (Å²) in [7, 11) is -4.13. The lowest BCUT2D eigenvalue weighted by Crippen LogP contribution is -2.50. The van der Waals surface area contributed by atoms with Crippen LogP contribution in [0.15, 0.2) is 41.3 Å². The molecule has 0 unspecified atom stereocenters. The van der Waals surface area contributed by atoms with E-state index in [4.69, 9.17) is 9.47 Å². The molecule has 1 heterocycles. The highest BCUT2D eigenvalue weighted by Gasteiger charge is 2.32. The third kappa shape index (κ3) is 5.18. The van der Waals surface area contributed by atoms with E-state index in [1.165, 1.54) is 4.90 Å². The molecule has 7 nitrogen and oxygen atoms in total. The van der Waals surface area contributed by atoms with Crippen molar-refractivity contribution in [3.63, 3.8) is 0 Å². The first-order chi connectivity index (χ1) is 15.3. The van der Waals surface area contributed by atoms with Crippen LogP contribution in [0, 0.1) is 11.6 Å². The molecule has 1 saturated heterocycles. The number of sulfonamides is 1. The van der Waals surface area contributed by atoms with Crippen molar-refractivity contribution < 1.29 is 31.5 Å². The van der Waals surface area contributed by atoms with Crippen LogP contribution in [0.25, 0.3) is 0 Å². The Labute approximate surface area is 186 Å². The maximum atomic E-state index is 14.0. The minimum absolute atomic E-state index is 0.000894. The number of rotatable bonds is 8. The van der Waals surface area contributed by atoms with Crippen LogP contribution in [0.5, 0.6) is 11.5 Å². The van der Waals surface area contributed by atoms with Gasteiger partial charge >= 0.3 is 0 Å². The lowest BCUT2D eigenvalue weighted by molar-refractivity contribution is 0.0697. The summed E-state index contributed by atoms with van der Waals surface area (Å²) in [5.41, 5.74) is 0.401. The van der Waals surface area contributed by atoms with E-state index in [9.17, 15) is 22.0 Å². The number of benzene rings is 2. The molecular formula is C22H26F2N2O5S. The van der Waals surface area contributed by atoms with Gasteiger partial charge in [-0.05, 0) is 43.7 Å². The van der Waals surface area contributed by atoms with Gasteiger partial charge in [0.2, 0.25) is 10.0 Å². The normalized spacial score (nSPS) is 14.9. The van der Waals surface area contributed by atoms with Crippen molar-refractivity contribution in [2.45, 2.75) is 25.2 Å². The molecule has 0 aromatic heterocycles. The molecule has 32 heavy (non-hydrogen) atoms. The van der Waals surface area contributed by atoms with E-state index in [1.54, 1.807) is 18.2 Å². The van der Waals surface area contributed by atoms with Crippen LogP contribution in [-0.2, 0) is 10.0 Å². The maximum Gasteiger partial charge on any atom is 0.254 e. The van der Waals surface area contributed by atoms with E-state index in [1.807, 2.05) is 13.8 Å². The summed E-state index contributed by atoms with van der Waals surface area (Å²) in [4.78, 5) is 13.9. The average molecular weight is 469 g/mol. The molecule has 0 atom stereocenters. The van der Waals surface area contributed by atoms with Crippen LogP contribution in [0.4, 0.5) is 8.78 Å². The van der Waals surface area contributed by atoms with Gasteiger partial charge in [-0.2, -0.15) is 4.31 Å². The van der Waals surface area contributed by atoms with Gasteiger partial charge in [-0.15, -0.1) is 0 Å². The second-order valence-corrected chi connectivity index (χ2v) is 9.12. The molecule has 3 rings (SSSR count). The molecule has 0 spiro atoms. The first kappa shape index (κ1) is 23.9. The van der Waals surface area contributed by atoms with Crippen LogP contribution in [-0.4, -0.2) is 62.9 Å². The van der Waals surface area contributed by atoms with Gasteiger partial charge in [0.1, 0.15) is 16.5 Å². The molecule has 10 heteroatoms. The molecule has 2 aromatic rings. The fraction of sp³-hybridized carbons (Fsp3) is 0.409. The quantitative estimate of drug-likeness (QED) is 0.594. The molecule has 1 fully saturated rings. The van der Waals surface area contributed by atoms with E-state index >= 15 is 0 Å². The van der Waals surface area contributed by atoms with Crippen molar-refractivity contribution >= 4 is 15.9 Å². The molecule has 0 aliphatic carbocycles. The molecular weight excluding hydrogens is 442 g/mol. The fourth-order valence-corrected chi connectivity index (χ4v) is 4.85. The monoisotopic (exact) mass is 468 g/mol. The smallest absolute Gasteiger partial charge is 0.254 e. The van der Waals surface area contributed by atoms with E-state index in [0.717, 1.165) is 22.9 Å². The number of hydrogen-bond acceptors (Lipinski definition) is 5. The van der Waals surface area contributed by atoms with Gasteiger partial charge in [0.25, 0.3) is 5.91 Å². The molecule has 0 N–H and O–H groups in total. The second kappa shape index (κ2) is 10.3. The Hall–Kier alpha value is -2.72. The largest absolute Gasteiger partial charge is 0.490 e. The third-order valence-electron chi connectivity index (χ3n) is 4.99. The predicted molar refractivity (Wildman–Crippen MR) is 114 cm³/mol. The number of carbonyl (C=O) groups excluding carboxylic acids is 1. The fourth-order valence-electron chi connectivity index (χ4n) is 3.38. The Balaban J connectivity index is 1.70. The second-order valence-electron chi connectivity index (χ2n) is 7.21. The summed E-state index contributed by atoms with van der Waals surface area (Å²) in [6.45, 7) is 5.04. The lowest BCUT2D eigenvalue weighted by atomic mass is 10.1. The highest BCUT2D eigenvalue weighted by Crippen LogP contribution is 2.29. The van der Waals surface area contributed by atoms with Gasteiger partial charge in [-0.1, -0.05) is 6.92 Å². The molecule has 0 bridgehead atoms. The van der Waals surface area contributed by atoms with Crippen molar-refractivity contribution in [1.29, 1.82) is 0 Å². The number of ether oxygens (including phenoxy) is 2. The Morgan fingerprint density at radius 1 is 0.969 bits per heavy atom. The van der Waals surface area contributed by atoms with Crippen LogP contribution in [0.2, 0.25) is 0 Å². The highest BCUT2D eigenvalue weighted by atomic mass is 32.2. The number of piperazine rings is 1. The zero-order valence-corrected chi connectivity index (χ0v) is 18.8. The minimum atomic E-state index is -4.13. The van der Waals surface area contributed by atoms with E-state index in [0.29, 0.717) is 36.3 Å². The molecule has 174 valence electrons. The maximum absolute atomic E-state index is 14.0. The van der Waals surface area contributed by atoms with Gasteiger partial charge in [0.05, 0.1) is 13.2 Å². The topological polar surface area (TPSA) is 76.2 Å². The summed E-state index contributed by atoms with van der Waals surface area (Å²) in [5, 5.41) is 0. The molecule has 0 saturated carbocycles. The van der Waals surface area contributed by atoms with Gasteiger partial charge in [0.15, 0.2) is 11.5 Å². The van der Waals surface area contributed by atoms with Gasteiger partial charge in [0, 0.05) is 37.8 Å². The summed E-state index contributed by atoms with van der Waals surface area (Å²) >= 11 is 0. The standard InChI is InChI=1S/C22H26F2N2O5S/c1-3-13-31-19-7-5-16(14-20(19)30-4-2)22(27)25-9-11-26(12-10-25)32(28,29)21-8-6-17(23)15-18(21)24/h5-8,14-15H,3-4,9-13H2,1-2H3. The number of nitrogens with zero attached hydrogens (tertiary/aromatic N) is 2. The lowest BCUT2D eigenvalue weighted by Gasteiger charge is -2.34. The number of hydrogen-bond donors (Lipinski definition) is 0. The highest BCUT2D eigenvalue weighted by molar-refractivity contribution is 7.89. The number of halogens is 2. The van der Waals surface area contributed by atoms with Crippen molar-refractivity contribution in [3.05, 3.63) is 53.6 Å². The van der Waals surface area contributed by atoms with Gasteiger partial charge < -0.3 is 14.4 Å². The summed E-state index contributed by atoms with van der Waals surface area (Å²) in [6, 6.07) is 7.30. The third-order valence-corrected chi connectivity index (χ3v) is 6.92. The first-order valence-corrected chi connectivity index (χ1v) is 11.9. The van der Waals surface area contributed by atoms with Crippen molar-refractivity contribution in [1.82, 2.24) is 9.21 Å². The Bertz CT molecular complexity index is 1070. The average Bonchev–Trinajstić information content (AvgIpc) is 2.77. The van der Waals surface area contributed by atoms with Crippen LogP contribution in [0.3, 0.4) is 0 Å². The zero-order chi connectivity index (χ0) is 23.3. The van der Waals surface area contributed by atoms with Gasteiger partial charge in [-0.3, -0.25) is 4.79 Å². The molecule has 1 aliphatic heterocycles. The number of carbonyl (C=O) groups is 1. The van der Waals surface area contributed by atoms with Crippen molar-refractivity contribution in [2.75, 3.05) is 39.4 Å². The molecule has 2 aromatic carbocycles. The van der Waals surface area contributed by atoms with Crippen LogP contribution in [0.1, 0.15) is 30.6 Å². The Morgan fingerprint density at radius 3 is 2.31 bits per heavy atom. The zero-order valence-electron chi connectivity index (χ0n) is 18.0. The van der Waals surface area contributed by atoms with Crippen molar-refractivity contribution in [3.8, 4) is 11.5 Å². The summed E-state index contributed by atoms with van der Waals surface area (Å²) < 4.78 is 65.0. The first-order valence-electron chi connectivity index (χ1n) is 10.4. The van der Waals surface area contributed by atoms with E-state index in [-0.39, 0.29) is 32.1 Å². The van der Waals surface area contributed by atoms with Crippen LogP contribution < -0.4 is 9.47 Å². The van der Waals surface area contributed by atoms with E-state index < -0.39 is 26.6 Å². The minimum Gasteiger partial charge on any atom is -0.490 e. The summed E-state index contributed by atoms with van der Waals surface area (Å²) in [6.07, 6.45) is 0.835. The summed E-state index contributed by atoms with van der Waals surface area (Å²) in [5.74, 6) is -1.23. The Kier molecular flexibility index (Phi) is 7.68. The number of amides is 1. The molecule has 0 radical (unpaired) electrons. The predicted octanol–water partition coefficient (Wildman–Crippen LogP) is 3.30. The van der Waals surface area contributed by atoms with Gasteiger partial charge in [-0.25, -0.2) is 17.2 Å². The Morgan fingerprint density at radius 2 is 1.69 bits per heavy atom. The van der Waals surface area contributed by atoms with E-state index in [2.05, 4.69) is 0 Å². The van der Waals surface area contributed by atoms with Crippen molar-refractivity contribution in [2.24, 2.45) is 0 Å². The molecule has 1 amide bonds.